The molecule has 10 heteroatoms. The molecule has 3 aromatic rings. The Bertz CT molecular complexity index is 1220. The molecule has 1 aliphatic rings. The van der Waals surface area contributed by atoms with Crippen molar-refractivity contribution in [1.29, 1.82) is 0 Å². The SMILES string of the molecule is CC(=O)OC[C@H]1O[C@H](OC(C)C)c2nn(-c3ccccc3)c(-c3ccc([N+](=O)[O-])cc3)c2C1=O. The van der Waals surface area contributed by atoms with Gasteiger partial charge in [0.05, 0.1) is 28.0 Å². The van der Waals surface area contributed by atoms with E-state index < -0.39 is 29.1 Å². The van der Waals surface area contributed by atoms with Crippen molar-refractivity contribution in [3.8, 4) is 16.9 Å². The van der Waals surface area contributed by atoms with Crippen molar-refractivity contribution in [2.24, 2.45) is 0 Å². The Labute approximate surface area is 195 Å². The van der Waals surface area contributed by atoms with Crippen LogP contribution in [0.5, 0.6) is 0 Å². The van der Waals surface area contributed by atoms with E-state index in [4.69, 9.17) is 14.2 Å². The lowest BCUT2D eigenvalue weighted by Gasteiger charge is -2.29. The number of carbonyl (C=O) groups excluding carboxylic acids is 2. The lowest BCUT2D eigenvalue weighted by molar-refractivity contribution is -0.384. The number of nitro groups is 1. The summed E-state index contributed by atoms with van der Waals surface area (Å²) in [7, 11) is 0. The molecular formula is C24H23N3O7. The van der Waals surface area contributed by atoms with E-state index in [1.165, 1.54) is 19.1 Å². The van der Waals surface area contributed by atoms with E-state index in [0.717, 1.165) is 0 Å². The van der Waals surface area contributed by atoms with Gasteiger partial charge in [-0.15, -0.1) is 0 Å². The molecule has 0 amide bonds. The van der Waals surface area contributed by atoms with Gasteiger partial charge in [0.25, 0.3) is 5.69 Å². The highest BCUT2D eigenvalue weighted by Crippen LogP contribution is 2.39. The van der Waals surface area contributed by atoms with Crippen molar-refractivity contribution in [3.05, 3.63) is 76.0 Å². The number of rotatable bonds is 7. The molecule has 0 saturated heterocycles. The van der Waals surface area contributed by atoms with E-state index in [-0.39, 0.29) is 29.7 Å². The van der Waals surface area contributed by atoms with E-state index in [1.54, 1.807) is 16.8 Å². The van der Waals surface area contributed by atoms with Gasteiger partial charge in [-0.3, -0.25) is 19.7 Å². The summed E-state index contributed by atoms with van der Waals surface area (Å²) in [4.78, 5) is 35.6. The molecule has 0 spiro atoms. The fourth-order valence-corrected chi connectivity index (χ4v) is 3.69. The summed E-state index contributed by atoms with van der Waals surface area (Å²) >= 11 is 0. The fourth-order valence-electron chi connectivity index (χ4n) is 3.69. The minimum Gasteiger partial charge on any atom is -0.463 e. The van der Waals surface area contributed by atoms with Gasteiger partial charge in [0.15, 0.2) is 11.9 Å². The van der Waals surface area contributed by atoms with Crippen molar-refractivity contribution in [3.63, 3.8) is 0 Å². The summed E-state index contributed by atoms with van der Waals surface area (Å²) in [5, 5.41) is 15.8. The highest BCUT2D eigenvalue weighted by atomic mass is 16.7. The van der Waals surface area contributed by atoms with E-state index in [0.29, 0.717) is 16.9 Å². The van der Waals surface area contributed by atoms with Gasteiger partial charge in [-0.2, -0.15) is 5.10 Å². The van der Waals surface area contributed by atoms with E-state index >= 15 is 0 Å². The van der Waals surface area contributed by atoms with Crippen LogP contribution in [0.2, 0.25) is 0 Å². The molecule has 2 atom stereocenters. The molecule has 0 radical (unpaired) electrons. The summed E-state index contributed by atoms with van der Waals surface area (Å²) in [5.41, 5.74) is 2.13. The maximum Gasteiger partial charge on any atom is 0.302 e. The number of carbonyl (C=O) groups is 2. The first-order chi connectivity index (χ1) is 16.3. The van der Waals surface area contributed by atoms with Gasteiger partial charge in [0.1, 0.15) is 12.3 Å². The van der Waals surface area contributed by atoms with Crippen LogP contribution in [0, 0.1) is 10.1 Å². The molecule has 0 N–H and O–H groups in total. The molecule has 0 fully saturated rings. The Morgan fingerprint density at radius 1 is 1.18 bits per heavy atom. The first-order valence-corrected chi connectivity index (χ1v) is 10.7. The van der Waals surface area contributed by atoms with Crippen LogP contribution >= 0.6 is 0 Å². The number of nitrogens with zero attached hydrogens (tertiary/aromatic N) is 3. The predicted octanol–water partition coefficient (Wildman–Crippen LogP) is 4.02. The quantitative estimate of drug-likeness (QED) is 0.291. The molecule has 2 aromatic carbocycles. The van der Waals surface area contributed by atoms with E-state index in [9.17, 15) is 19.7 Å². The minimum absolute atomic E-state index is 0.0770. The number of non-ortho nitro benzene ring substituents is 1. The van der Waals surface area contributed by atoms with Gasteiger partial charge in [-0.1, -0.05) is 18.2 Å². The van der Waals surface area contributed by atoms with Gasteiger partial charge in [0.2, 0.25) is 6.29 Å². The summed E-state index contributed by atoms with van der Waals surface area (Å²) in [5.74, 6) is -0.963. The van der Waals surface area contributed by atoms with Crippen molar-refractivity contribution >= 4 is 17.4 Å². The number of ketones is 1. The molecule has 176 valence electrons. The van der Waals surface area contributed by atoms with Crippen LogP contribution in [-0.4, -0.2) is 45.3 Å². The van der Waals surface area contributed by atoms with Crippen molar-refractivity contribution in [2.75, 3.05) is 6.61 Å². The largest absolute Gasteiger partial charge is 0.463 e. The van der Waals surface area contributed by atoms with Crippen molar-refractivity contribution in [2.45, 2.75) is 39.3 Å². The van der Waals surface area contributed by atoms with Crippen LogP contribution in [-0.2, 0) is 19.0 Å². The molecule has 4 rings (SSSR count). The number of hydrogen-bond donors (Lipinski definition) is 0. The average molecular weight is 465 g/mol. The van der Waals surface area contributed by atoms with Crippen LogP contribution in [0.15, 0.2) is 54.6 Å². The average Bonchev–Trinajstić information content (AvgIpc) is 3.21. The third-order valence-electron chi connectivity index (χ3n) is 5.15. The molecule has 0 aliphatic carbocycles. The Balaban J connectivity index is 1.92. The van der Waals surface area contributed by atoms with Gasteiger partial charge in [0, 0.05) is 24.6 Å². The molecule has 0 unspecified atom stereocenters. The maximum atomic E-state index is 13.5. The fraction of sp³-hybridized carbons (Fsp3) is 0.292. The smallest absolute Gasteiger partial charge is 0.302 e. The van der Waals surface area contributed by atoms with E-state index in [1.807, 2.05) is 44.2 Å². The number of para-hydroxylation sites is 1. The predicted molar refractivity (Wildman–Crippen MR) is 120 cm³/mol. The summed E-state index contributed by atoms with van der Waals surface area (Å²) < 4.78 is 18.4. The normalized spacial score (nSPS) is 17.5. The summed E-state index contributed by atoms with van der Waals surface area (Å²) in [6.07, 6.45) is -2.31. The third-order valence-corrected chi connectivity index (χ3v) is 5.15. The molecule has 0 bridgehead atoms. The van der Waals surface area contributed by atoms with Crippen LogP contribution in [0.3, 0.4) is 0 Å². The van der Waals surface area contributed by atoms with Crippen LogP contribution < -0.4 is 0 Å². The summed E-state index contributed by atoms with van der Waals surface area (Å²) in [6.45, 7) is 4.62. The maximum absolute atomic E-state index is 13.5. The molecule has 10 nitrogen and oxygen atoms in total. The molecule has 2 heterocycles. The summed E-state index contributed by atoms with van der Waals surface area (Å²) in [6, 6.07) is 15.0. The zero-order chi connectivity index (χ0) is 24.4. The van der Waals surface area contributed by atoms with Gasteiger partial charge in [-0.25, -0.2) is 4.68 Å². The second kappa shape index (κ2) is 9.54. The molecule has 1 aliphatic heterocycles. The minimum atomic E-state index is -1.09. The second-order valence-corrected chi connectivity index (χ2v) is 7.97. The van der Waals surface area contributed by atoms with Crippen LogP contribution in [0.4, 0.5) is 5.69 Å². The third kappa shape index (κ3) is 4.59. The Morgan fingerprint density at radius 2 is 1.85 bits per heavy atom. The molecule has 0 saturated carbocycles. The zero-order valence-corrected chi connectivity index (χ0v) is 18.8. The first-order valence-electron chi connectivity index (χ1n) is 10.7. The zero-order valence-electron chi connectivity index (χ0n) is 18.8. The number of fused-ring (bicyclic) bond motifs is 1. The van der Waals surface area contributed by atoms with Crippen LogP contribution in [0.25, 0.3) is 16.9 Å². The number of esters is 1. The van der Waals surface area contributed by atoms with Gasteiger partial charge in [-0.05, 0) is 38.1 Å². The Morgan fingerprint density at radius 3 is 2.44 bits per heavy atom. The van der Waals surface area contributed by atoms with Gasteiger partial charge >= 0.3 is 5.97 Å². The van der Waals surface area contributed by atoms with Gasteiger partial charge < -0.3 is 14.2 Å². The topological polar surface area (TPSA) is 123 Å². The van der Waals surface area contributed by atoms with Crippen molar-refractivity contribution < 1.29 is 28.7 Å². The first kappa shape index (κ1) is 23.3. The number of aromatic nitrogens is 2. The lowest BCUT2D eigenvalue weighted by atomic mass is 9.96. The van der Waals surface area contributed by atoms with E-state index in [2.05, 4.69) is 5.10 Å². The highest BCUT2D eigenvalue weighted by Gasteiger charge is 2.42. The lowest BCUT2D eigenvalue weighted by Crippen LogP contribution is -2.38. The molecule has 1 aromatic heterocycles. The number of Topliss-reactive ketones (excluding diaryl/α,β-unsaturated/α-hetero) is 1. The molecular weight excluding hydrogens is 442 g/mol. The van der Waals surface area contributed by atoms with Crippen LogP contribution in [0.1, 0.15) is 43.1 Å². The second-order valence-electron chi connectivity index (χ2n) is 7.97. The number of benzene rings is 2. The Kier molecular flexibility index (Phi) is 6.53. The Hall–Kier alpha value is -3.89. The van der Waals surface area contributed by atoms with Crippen molar-refractivity contribution in [1.82, 2.24) is 9.78 Å². The highest BCUT2D eigenvalue weighted by molar-refractivity contribution is 6.06. The standard InChI is InChI=1S/C24H23N3O7/c1-14(2)33-24-21-20(23(29)19(34-24)13-32-15(3)28)22(16-9-11-18(12-10-16)27(30)31)26(25-21)17-7-5-4-6-8-17/h4-12,14,19,24H,13H2,1-3H3/t19-,24+/m1/s1. The monoisotopic (exact) mass is 465 g/mol. The molecule has 34 heavy (non-hydrogen) atoms. The number of hydrogen-bond acceptors (Lipinski definition) is 8. The number of ether oxygens (including phenoxy) is 3. The number of nitro benzene ring substituents is 1.